The van der Waals surface area contributed by atoms with Gasteiger partial charge in [0, 0.05) is 28.8 Å². The summed E-state index contributed by atoms with van der Waals surface area (Å²) >= 11 is 5.80. The van der Waals surface area contributed by atoms with Crippen LogP contribution >= 0.6 is 11.6 Å². The summed E-state index contributed by atoms with van der Waals surface area (Å²) in [5.74, 6) is -0.0746. The van der Waals surface area contributed by atoms with Crippen LogP contribution in [0.2, 0.25) is 5.02 Å². The van der Waals surface area contributed by atoms with E-state index < -0.39 is 0 Å². The minimum absolute atomic E-state index is 0.0746. The number of amides is 1. The van der Waals surface area contributed by atoms with Gasteiger partial charge in [-0.15, -0.1) is 0 Å². The van der Waals surface area contributed by atoms with Gasteiger partial charge in [-0.3, -0.25) is 4.79 Å². The van der Waals surface area contributed by atoms with Crippen molar-refractivity contribution in [3.8, 4) is 0 Å². The fraction of sp³-hybridized carbons (Fsp3) is 0.118. The highest BCUT2D eigenvalue weighted by molar-refractivity contribution is 6.30. The van der Waals surface area contributed by atoms with E-state index >= 15 is 0 Å². The van der Waals surface area contributed by atoms with E-state index in [2.05, 4.69) is 28.5 Å². The number of benzene rings is 2. The Kier molecular flexibility index (Phi) is 3.93. The zero-order valence-corrected chi connectivity index (χ0v) is 12.2. The van der Waals surface area contributed by atoms with Crippen LogP contribution in [0.15, 0.2) is 54.7 Å². The molecule has 0 saturated heterocycles. The van der Waals surface area contributed by atoms with Gasteiger partial charge in [-0.25, -0.2) is 0 Å². The summed E-state index contributed by atoms with van der Waals surface area (Å²) in [6, 6.07) is 15.2. The molecule has 0 spiro atoms. The van der Waals surface area contributed by atoms with E-state index in [9.17, 15) is 4.79 Å². The van der Waals surface area contributed by atoms with Crippen LogP contribution in [0.1, 0.15) is 15.9 Å². The normalized spacial score (nSPS) is 10.7. The van der Waals surface area contributed by atoms with E-state index in [0.717, 1.165) is 11.9 Å². The van der Waals surface area contributed by atoms with Crippen molar-refractivity contribution < 1.29 is 4.79 Å². The molecule has 1 amide bonds. The lowest BCUT2D eigenvalue weighted by Gasteiger charge is -2.06. The van der Waals surface area contributed by atoms with Crippen LogP contribution < -0.4 is 5.32 Å². The highest BCUT2D eigenvalue weighted by atomic mass is 35.5. The van der Waals surface area contributed by atoms with Crippen LogP contribution in [-0.2, 0) is 6.42 Å². The Bertz CT molecular complexity index is 762. The highest BCUT2D eigenvalue weighted by Gasteiger charge is 2.04. The van der Waals surface area contributed by atoms with Crippen LogP contribution in [0.25, 0.3) is 10.9 Å². The molecule has 106 valence electrons. The van der Waals surface area contributed by atoms with Crippen LogP contribution in [0.5, 0.6) is 0 Å². The van der Waals surface area contributed by atoms with Crippen LogP contribution in [-0.4, -0.2) is 17.4 Å². The first-order valence-corrected chi connectivity index (χ1v) is 7.20. The smallest absolute Gasteiger partial charge is 0.251 e. The first-order valence-electron chi connectivity index (χ1n) is 6.82. The lowest BCUT2D eigenvalue weighted by molar-refractivity contribution is 0.0954. The fourth-order valence-electron chi connectivity index (χ4n) is 2.28. The number of H-pyrrole nitrogens is 1. The maximum Gasteiger partial charge on any atom is 0.251 e. The second-order valence-corrected chi connectivity index (χ2v) is 5.35. The van der Waals surface area contributed by atoms with Crippen molar-refractivity contribution in [2.45, 2.75) is 6.42 Å². The Labute approximate surface area is 127 Å². The number of nitrogens with one attached hydrogen (secondary N) is 2. The molecule has 1 aromatic heterocycles. The average molecular weight is 299 g/mol. The summed E-state index contributed by atoms with van der Waals surface area (Å²) in [4.78, 5) is 15.1. The lowest BCUT2D eigenvalue weighted by Crippen LogP contribution is -2.25. The van der Waals surface area contributed by atoms with Gasteiger partial charge >= 0.3 is 0 Å². The molecule has 0 aliphatic carbocycles. The number of hydrogen-bond acceptors (Lipinski definition) is 1. The number of aromatic nitrogens is 1. The van der Waals surface area contributed by atoms with Crippen molar-refractivity contribution in [1.29, 1.82) is 0 Å². The maximum absolute atomic E-state index is 12.0. The molecule has 3 nitrogen and oxygen atoms in total. The third kappa shape index (κ3) is 3.26. The summed E-state index contributed by atoms with van der Waals surface area (Å²) < 4.78 is 0. The molecule has 0 radical (unpaired) electrons. The Balaban J connectivity index is 1.57. The third-order valence-electron chi connectivity index (χ3n) is 3.42. The molecule has 2 N–H and O–H groups in total. The van der Waals surface area contributed by atoms with Crippen molar-refractivity contribution in [2.24, 2.45) is 0 Å². The van der Waals surface area contributed by atoms with E-state index in [4.69, 9.17) is 11.6 Å². The van der Waals surface area contributed by atoms with Gasteiger partial charge in [-0.2, -0.15) is 0 Å². The molecule has 4 heteroatoms. The molecule has 0 aliphatic heterocycles. The van der Waals surface area contributed by atoms with E-state index in [0.29, 0.717) is 17.1 Å². The van der Waals surface area contributed by atoms with Gasteiger partial charge in [0.2, 0.25) is 0 Å². The summed E-state index contributed by atoms with van der Waals surface area (Å²) in [6.07, 6.45) is 2.73. The molecule has 3 aromatic rings. The topological polar surface area (TPSA) is 44.9 Å². The van der Waals surface area contributed by atoms with Crippen molar-refractivity contribution >= 4 is 28.4 Å². The second-order valence-electron chi connectivity index (χ2n) is 4.91. The maximum atomic E-state index is 12.0. The predicted molar refractivity (Wildman–Crippen MR) is 85.8 cm³/mol. The van der Waals surface area contributed by atoms with Crippen LogP contribution in [0.4, 0.5) is 0 Å². The molecule has 0 fully saturated rings. The lowest BCUT2D eigenvalue weighted by atomic mass is 10.1. The zero-order chi connectivity index (χ0) is 14.7. The van der Waals surface area contributed by atoms with Gasteiger partial charge in [-0.1, -0.05) is 17.7 Å². The predicted octanol–water partition coefficient (Wildman–Crippen LogP) is 3.79. The van der Waals surface area contributed by atoms with Gasteiger partial charge < -0.3 is 10.3 Å². The number of carbonyl (C=O) groups excluding carboxylic acids is 1. The summed E-state index contributed by atoms with van der Waals surface area (Å²) in [6.45, 7) is 0.609. The second kappa shape index (κ2) is 6.02. The van der Waals surface area contributed by atoms with Gasteiger partial charge in [0.25, 0.3) is 5.91 Å². The van der Waals surface area contributed by atoms with E-state index in [1.807, 2.05) is 12.3 Å². The molecular weight excluding hydrogens is 284 g/mol. The Hall–Kier alpha value is -2.26. The number of halogens is 1. The van der Waals surface area contributed by atoms with E-state index in [-0.39, 0.29) is 5.91 Å². The first-order chi connectivity index (χ1) is 10.2. The van der Waals surface area contributed by atoms with Crippen molar-refractivity contribution in [3.05, 3.63) is 70.9 Å². The molecule has 0 unspecified atom stereocenters. The van der Waals surface area contributed by atoms with Gasteiger partial charge in [-0.05, 0) is 59.8 Å². The summed E-state index contributed by atoms with van der Waals surface area (Å²) in [5.41, 5.74) is 2.96. The van der Waals surface area contributed by atoms with E-state index in [1.165, 1.54) is 10.9 Å². The minimum atomic E-state index is -0.0746. The number of aromatic amines is 1. The highest BCUT2D eigenvalue weighted by Crippen LogP contribution is 2.14. The summed E-state index contributed by atoms with van der Waals surface area (Å²) in [5, 5.41) is 4.74. The molecule has 0 aliphatic rings. The quantitative estimate of drug-likeness (QED) is 0.756. The Morgan fingerprint density at radius 2 is 1.90 bits per heavy atom. The van der Waals surface area contributed by atoms with Crippen molar-refractivity contribution in [2.75, 3.05) is 6.54 Å². The van der Waals surface area contributed by atoms with Crippen molar-refractivity contribution in [3.63, 3.8) is 0 Å². The number of rotatable bonds is 4. The monoisotopic (exact) mass is 298 g/mol. The van der Waals surface area contributed by atoms with E-state index in [1.54, 1.807) is 24.3 Å². The Morgan fingerprint density at radius 3 is 2.71 bits per heavy atom. The number of hydrogen-bond donors (Lipinski definition) is 2. The molecular formula is C17H15ClN2O. The molecule has 0 saturated carbocycles. The van der Waals surface area contributed by atoms with Gasteiger partial charge in [0.15, 0.2) is 0 Å². The molecule has 0 atom stereocenters. The van der Waals surface area contributed by atoms with Crippen LogP contribution in [0.3, 0.4) is 0 Å². The van der Waals surface area contributed by atoms with Crippen LogP contribution in [0, 0.1) is 0 Å². The SMILES string of the molecule is O=C(NCCc1ccc2[nH]ccc2c1)c1ccc(Cl)cc1. The molecule has 21 heavy (non-hydrogen) atoms. The first kappa shape index (κ1) is 13.7. The largest absolute Gasteiger partial charge is 0.361 e. The standard InChI is InChI=1S/C17H15ClN2O/c18-15-4-2-13(3-5-15)17(21)20-9-7-12-1-6-16-14(11-12)8-10-19-16/h1-6,8,10-11,19H,7,9H2,(H,20,21). The minimum Gasteiger partial charge on any atom is -0.361 e. The number of fused-ring (bicyclic) bond motifs is 1. The summed E-state index contributed by atoms with van der Waals surface area (Å²) in [7, 11) is 0. The molecule has 2 aromatic carbocycles. The fourth-order valence-corrected chi connectivity index (χ4v) is 2.41. The number of carbonyl (C=O) groups is 1. The molecule has 3 rings (SSSR count). The average Bonchev–Trinajstić information content (AvgIpc) is 2.95. The molecule has 1 heterocycles. The van der Waals surface area contributed by atoms with Crippen molar-refractivity contribution in [1.82, 2.24) is 10.3 Å². The van der Waals surface area contributed by atoms with Gasteiger partial charge in [0.1, 0.15) is 0 Å². The van der Waals surface area contributed by atoms with Gasteiger partial charge in [0.05, 0.1) is 0 Å². The Morgan fingerprint density at radius 1 is 1.10 bits per heavy atom. The third-order valence-corrected chi connectivity index (χ3v) is 3.68. The molecule has 0 bridgehead atoms. The zero-order valence-electron chi connectivity index (χ0n) is 11.4.